The van der Waals surface area contributed by atoms with Gasteiger partial charge in [-0.05, 0) is 36.8 Å². The van der Waals surface area contributed by atoms with E-state index >= 15 is 0 Å². The Labute approximate surface area is 135 Å². The normalized spacial score (nSPS) is 24.6. The Kier molecular flexibility index (Phi) is 3.87. The van der Waals surface area contributed by atoms with E-state index in [4.69, 9.17) is 0 Å². The van der Waals surface area contributed by atoms with Gasteiger partial charge in [0, 0.05) is 25.9 Å². The highest BCUT2D eigenvalue weighted by atomic mass is 32.1. The summed E-state index contributed by atoms with van der Waals surface area (Å²) in [5.41, 5.74) is 1.06. The molecule has 1 aliphatic heterocycles. The number of amides is 1. The Morgan fingerprint density at radius 2 is 1.91 bits per heavy atom. The number of nitrogens with zero attached hydrogens (tertiary/aromatic N) is 2. The van der Waals surface area contributed by atoms with Gasteiger partial charge in [0.15, 0.2) is 0 Å². The summed E-state index contributed by atoms with van der Waals surface area (Å²) >= 11 is 1.72. The van der Waals surface area contributed by atoms with Gasteiger partial charge in [0.2, 0.25) is 5.91 Å². The first kappa shape index (κ1) is 14.2. The highest BCUT2D eigenvalue weighted by Crippen LogP contribution is 2.36. The summed E-state index contributed by atoms with van der Waals surface area (Å²) in [6, 6.07) is 8.20. The molecule has 1 aromatic carbocycles. The number of hydrogen-bond donors (Lipinski definition) is 0. The zero-order valence-corrected chi connectivity index (χ0v) is 13.6. The van der Waals surface area contributed by atoms with Crippen molar-refractivity contribution in [2.75, 3.05) is 13.1 Å². The molecule has 2 fully saturated rings. The number of benzene rings is 1. The van der Waals surface area contributed by atoms with Gasteiger partial charge in [0.05, 0.1) is 15.2 Å². The molecule has 2 unspecified atom stereocenters. The molecule has 1 saturated carbocycles. The standard InChI is InChI=1S/C18H22N2OS/c21-18(20-11-13-5-1-2-6-14(13)12-20)10-9-17-19-15-7-3-4-8-16(15)22-17/h3-4,7-8,13-14H,1-2,5-6,9-12H2. The second-order valence-corrected chi connectivity index (χ2v) is 7.79. The SMILES string of the molecule is O=C(CCc1nc2ccccc2s1)N1CC2CCCCC2C1. The van der Waals surface area contributed by atoms with Crippen molar-refractivity contribution in [1.82, 2.24) is 9.88 Å². The molecule has 2 atom stereocenters. The molecular formula is C18H22N2OS. The van der Waals surface area contributed by atoms with Gasteiger partial charge in [0.1, 0.15) is 0 Å². The minimum absolute atomic E-state index is 0.327. The number of likely N-dealkylation sites (tertiary alicyclic amines) is 1. The van der Waals surface area contributed by atoms with Gasteiger partial charge in [-0.25, -0.2) is 4.98 Å². The summed E-state index contributed by atoms with van der Waals surface area (Å²) in [6.45, 7) is 2.01. The van der Waals surface area contributed by atoms with Crippen LogP contribution in [-0.4, -0.2) is 28.9 Å². The molecule has 116 valence electrons. The highest BCUT2D eigenvalue weighted by molar-refractivity contribution is 7.18. The lowest BCUT2D eigenvalue weighted by atomic mass is 9.82. The Morgan fingerprint density at radius 1 is 1.18 bits per heavy atom. The van der Waals surface area contributed by atoms with Gasteiger partial charge in [-0.3, -0.25) is 4.79 Å². The van der Waals surface area contributed by atoms with Crippen molar-refractivity contribution < 1.29 is 4.79 Å². The number of para-hydroxylation sites is 1. The molecule has 1 saturated heterocycles. The van der Waals surface area contributed by atoms with Crippen LogP contribution in [0.3, 0.4) is 0 Å². The number of carbonyl (C=O) groups excluding carboxylic acids is 1. The first-order valence-electron chi connectivity index (χ1n) is 8.42. The number of aromatic nitrogens is 1. The fourth-order valence-corrected chi connectivity index (χ4v) is 4.98. The van der Waals surface area contributed by atoms with E-state index in [2.05, 4.69) is 16.0 Å². The molecule has 22 heavy (non-hydrogen) atoms. The van der Waals surface area contributed by atoms with Crippen molar-refractivity contribution >= 4 is 27.5 Å². The highest BCUT2D eigenvalue weighted by Gasteiger charge is 2.36. The van der Waals surface area contributed by atoms with Gasteiger partial charge in [-0.15, -0.1) is 11.3 Å². The largest absolute Gasteiger partial charge is 0.342 e. The van der Waals surface area contributed by atoms with Gasteiger partial charge in [-0.2, -0.15) is 0 Å². The van der Waals surface area contributed by atoms with Crippen LogP contribution in [0.4, 0.5) is 0 Å². The van der Waals surface area contributed by atoms with Gasteiger partial charge in [0.25, 0.3) is 0 Å². The third-order valence-electron chi connectivity index (χ3n) is 5.22. The number of thiazole rings is 1. The minimum atomic E-state index is 0.327. The smallest absolute Gasteiger partial charge is 0.223 e. The average Bonchev–Trinajstić information content (AvgIpc) is 3.15. The van der Waals surface area contributed by atoms with E-state index in [-0.39, 0.29) is 0 Å². The van der Waals surface area contributed by atoms with Crippen molar-refractivity contribution in [2.24, 2.45) is 11.8 Å². The van der Waals surface area contributed by atoms with Crippen LogP contribution in [0, 0.1) is 11.8 Å². The molecule has 4 rings (SSSR count). The zero-order valence-electron chi connectivity index (χ0n) is 12.8. The fourth-order valence-electron chi connectivity index (χ4n) is 4.01. The third-order valence-corrected chi connectivity index (χ3v) is 6.32. The topological polar surface area (TPSA) is 33.2 Å². The van der Waals surface area contributed by atoms with Crippen molar-refractivity contribution in [3.05, 3.63) is 29.3 Å². The number of fused-ring (bicyclic) bond motifs is 2. The number of hydrogen-bond acceptors (Lipinski definition) is 3. The quantitative estimate of drug-likeness (QED) is 0.861. The van der Waals surface area contributed by atoms with Crippen LogP contribution >= 0.6 is 11.3 Å². The molecule has 1 aliphatic carbocycles. The predicted octanol–water partition coefficient (Wildman–Crippen LogP) is 3.88. The van der Waals surface area contributed by atoms with Crippen molar-refractivity contribution in [2.45, 2.75) is 38.5 Å². The van der Waals surface area contributed by atoms with Crippen LogP contribution in [0.25, 0.3) is 10.2 Å². The fraction of sp³-hybridized carbons (Fsp3) is 0.556. The Bertz CT molecular complexity index is 634. The maximum absolute atomic E-state index is 12.5. The van der Waals surface area contributed by atoms with E-state index in [1.165, 1.54) is 30.4 Å². The maximum Gasteiger partial charge on any atom is 0.223 e. The van der Waals surface area contributed by atoms with E-state index in [1.807, 2.05) is 18.2 Å². The van der Waals surface area contributed by atoms with Crippen LogP contribution in [-0.2, 0) is 11.2 Å². The lowest BCUT2D eigenvalue weighted by Gasteiger charge is -2.22. The van der Waals surface area contributed by atoms with Gasteiger partial charge in [-0.1, -0.05) is 25.0 Å². The minimum Gasteiger partial charge on any atom is -0.342 e. The molecule has 0 bridgehead atoms. The Morgan fingerprint density at radius 3 is 2.64 bits per heavy atom. The first-order valence-corrected chi connectivity index (χ1v) is 9.23. The van der Waals surface area contributed by atoms with E-state index < -0.39 is 0 Å². The molecular weight excluding hydrogens is 292 g/mol. The van der Waals surface area contributed by atoms with Crippen molar-refractivity contribution in [3.63, 3.8) is 0 Å². The summed E-state index contributed by atoms with van der Waals surface area (Å²) in [4.78, 5) is 19.2. The summed E-state index contributed by atoms with van der Waals surface area (Å²) in [5, 5.41) is 1.09. The molecule has 0 spiro atoms. The summed E-state index contributed by atoms with van der Waals surface area (Å²) in [5.74, 6) is 1.88. The van der Waals surface area contributed by atoms with Crippen LogP contribution in [0.2, 0.25) is 0 Å². The van der Waals surface area contributed by atoms with E-state index in [0.717, 1.165) is 41.9 Å². The van der Waals surface area contributed by atoms with E-state index in [0.29, 0.717) is 12.3 Å². The number of carbonyl (C=O) groups is 1. The second-order valence-electron chi connectivity index (χ2n) is 6.68. The lowest BCUT2D eigenvalue weighted by Crippen LogP contribution is -2.29. The molecule has 2 aliphatic rings. The van der Waals surface area contributed by atoms with E-state index in [9.17, 15) is 4.79 Å². The van der Waals surface area contributed by atoms with Crippen molar-refractivity contribution in [1.29, 1.82) is 0 Å². The molecule has 0 N–H and O–H groups in total. The molecule has 1 amide bonds. The summed E-state index contributed by atoms with van der Waals surface area (Å²) in [6.07, 6.45) is 6.76. The maximum atomic E-state index is 12.5. The first-order chi connectivity index (χ1) is 10.8. The molecule has 1 aromatic heterocycles. The number of aryl methyl sites for hydroxylation is 1. The van der Waals surface area contributed by atoms with Gasteiger partial charge >= 0.3 is 0 Å². The van der Waals surface area contributed by atoms with Crippen LogP contribution in [0.5, 0.6) is 0 Å². The van der Waals surface area contributed by atoms with E-state index in [1.54, 1.807) is 11.3 Å². The Hall–Kier alpha value is -1.42. The summed E-state index contributed by atoms with van der Waals surface area (Å²) in [7, 11) is 0. The lowest BCUT2D eigenvalue weighted by molar-refractivity contribution is -0.130. The van der Waals surface area contributed by atoms with Crippen LogP contribution in [0.1, 0.15) is 37.1 Å². The average molecular weight is 314 g/mol. The monoisotopic (exact) mass is 314 g/mol. The molecule has 2 heterocycles. The Balaban J connectivity index is 1.36. The third kappa shape index (κ3) is 2.76. The second kappa shape index (κ2) is 5.99. The summed E-state index contributed by atoms with van der Waals surface area (Å²) < 4.78 is 1.22. The predicted molar refractivity (Wildman–Crippen MR) is 90.0 cm³/mol. The molecule has 3 nitrogen and oxygen atoms in total. The van der Waals surface area contributed by atoms with Crippen LogP contribution < -0.4 is 0 Å². The zero-order chi connectivity index (χ0) is 14.9. The number of rotatable bonds is 3. The van der Waals surface area contributed by atoms with Crippen LogP contribution in [0.15, 0.2) is 24.3 Å². The molecule has 0 radical (unpaired) electrons. The molecule has 2 aromatic rings. The van der Waals surface area contributed by atoms with Gasteiger partial charge < -0.3 is 4.90 Å². The molecule has 4 heteroatoms. The van der Waals surface area contributed by atoms with Crippen molar-refractivity contribution in [3.8, 4) is 0 Å².